The fourth-order valence-corrected chi connectivity index (χ4v) is 3.79. The predicted molar refractivity (Wildman–Crippen MR) is 116 cm³/mol. The van der Waals surface area contributed by atoms with E-state index in [1.165, 1.54) is 31.2 Å². The highest BCUT2D eigenvalue weighted by Crippen LogP contribution is 2.20. The van der Waals surface area contributed by atoms with Gasteiger partial charge in [-0.2, -0.15) is 0 Å². The summed E-state index contributed by atoms with van der Waals surface area (Å²) in [7, 11) is -0.856. The molecular weight excluding hydrogens is 425 g/mol. The molecule has 2 rings (SSSR count). The van der Waals surface area contributed by atoms with Gasteiger partial charge in [0, 0.05) is 13.6 Å². The van der Waals surface area contributed by atoms with Crippen LogP contribution in [0.2, 0.25) is 0 Å². The third-order valence-corrected chi connectivity index (χ3v) is 5.86. The molecule has 0 spiro atoms. The molecule has 1 atom stereocenters. The average Bonchev–Trinajstić information content (AvgIpc) is 2.75. The summed E-state index contributed by atoms with van der Waals surface area (Å²) >= 11 is 0. The van der Waals surface area contributed by atoms with Crippen LogP contribution in [0.25, 0.3) is 0 Å². The van der Waals surface area contributed by atoms with Crippen molar-refractivity contribution in [2.75, 3.05) is 31.3 Å². The van der Waals surface area contributed by atoms with E-state index in [9.17, 15) is 22.4 Å². The van der Waals surface area contributed by atoms with Crippen molar-refractivity contribution in [3.05, 3.63) is 59.9 Å². The minimum absolute atomic E-state index is 0.0818. The number of carbonyl (C=O) groups excluding carboxylic acids is 2. The lowest BCUT2D eigenvalue weighted by Crippen LogP contribution is -2.50. The zero-order valence-electron chi connectivity index (χ0n) is 17.8. The molecule has 2 aromatic carbocycles. The van der Waals surface area contributed by atoms with E-state index in [-0.39, 0.29) is 12.2 Å². The largest absolute Gasteiger partial charge is 0.497 e. The monoisotopic (exact) mass is 451 g/mol. The first-order valence-corrected chi connectivity index (χ1v) is 11.3. The molecule has 8 nitrogen and oxygen atoms in total. The summed E-state index contributed by atoms with van der Waals surface area (Å²) in [5.74, 6) is -0.866. The number of rotatable bonds is 9. The third kappa shape index (κ3) is 6.42. The average molecular weight is 452 g/mol. The molecule has 0 saturated carbocycles. The quantitative estimate of drug-likeness (QED) is 0.627. The second-order valence-electron chi connectivity index (χ2n) is 6.91. The molecule has 1 unspecified atom stereocenters. The summed E-state index contributed by atoms with van der Waals surface area (Å²) in [6.07, 6.45) is 0.958. The van der Waals surface area contributed by atoms with Crippen LogP contribution >= 0.6 is 0 Å². The van der Waals surface area contributed by atoms with Gasteiger partial charge < -0.3 is 15.0 Å². The van der Waals surface area contributed by atoms with Gasteiger partial charge in [-0.1, -0.05) is 12.1 Å². The Morgan fingerprint density at radius 3 is 2.16 bits per heavy atom. The number of hydrogen-bond donors (Lipinski definition) is 1. The van der Waals surface area contributed by atoms with Crippen molar-refractivity contribution < 1.29 is 27.1 Å². The summed E-state index contributed by atoms with van der Waals surface area (Å²) in [6, 6.07) is 10.9. The van der Waals surface area contributed by atoms with E-state index in [1.807, 2.05) is 0 Å². The van der Waals surface area contributed by atoms with Crippen LogP contribution in [0.5, 0.6) is 5.75 Å². The highest BCUT2D eigenvalue weighted by molar-refractivity contribution is 7.92. The van der Waals surface area contributed by atoms with Crippen molar-refractivity contribution in [2.45, 2.75) is 19.5 Å². The zero-order chi connectivity index (χ0) is 23.2. The Bertz CT molecular complexity index is 1010. The molecule has 0 radical (unpaired) electrons. The maximum atomic E-state index is 13.3. The number of ether oxygens (including phenoxy) is 1. The molecule has 31 heavy (non-hydrogen) atoms. The highest BCUT2D eigenvalue weighted by Gasteiger charge is 2.29. The Morgan fingerprint density at radius 1 is 1.10 bits per heavy atom. The van der Waals surface area contributed by atoms with E-state index in [4.69, 9.17) is 4.74 Å². The van der Waals surface area contributed by atoms with Gasteiger partial charge in [0.15, 0.2) is 0 Å². The third-order valence-electron chi connectivity index (χ3n) is 4.72. The number of nitrogens with zero attached hydrogens (tertiary/aromatic N) is 2. The topological polar surface area (TPSA) is 96.0 Å². The first-order chi connectivity index (χ1) is 14.6. The van der Waals surface area contributed by atoms with Crippen LogP contribution in [-0.2, 0) is 26.2 Å². The number of halogens is 1. The first kappa shape index (κ1) is 24.1. The molecule has 0 saturated heterocycles. The van der Waals surface area contributed by atoms with Crippen LogP contribution in [0.1, 0.15) is 12.5 Å². The zero-order valence-corrected chi connectivity index (χ0v) is 18.6. The normalized spacial score (nSPS) is 12.0. The minimum atomic E-state index is -3.85. The van der Waals surface area contributed by atoms with Crippen LogP contribution in [0.15, 0.2) is 48.5 Å². The van der Waals surface area contributed by atoms with Gasteiger partial charge >= 0.3 is 0 Å². The van der Waals surface area contributed by atoms with Gasteiger partial charge in [0.2, 0.25) is 21.8 Å². The summed E-state index contributed by atoms with van der Waals surface area (Å²) in [6.45, 7) is 1.10. The molecule has 2 aromatic rings. The molecule has 0 fully saturated rings. The van der Waals surface area contributed by atoms with Gasteiger partial charge in [-0.15, -0.1) is 0 Å². The van der Waals surface area contributed by atoms with Gasteiger partial charge in [0.1, 0.15) is 24.2 Å². The van der Waals surface area contributed by atoms with Crippen molar-refractivity contribution in [3.63, 3.8) is 0 Å². The molecule has 1 N–H and O–H groups in total. The molecule has 0 aliphatic rings. The first-order valence-electron chi connectivity index (χ1n) is 9.44. The van der Waals surface area contributed by atoms with E-state index in [1.54, 1.807) is 31.2 Å². The van der Waals surface area contributed by atoms with Crippen LogP contribution in [0, 0.1) is 5.82 Å². The molecule has 168 valence electrons. The minimum Gasteiger partial charge on any atom is -0.497 e. The summed E-state index contributed by atoms with van der Waals surface area (Å²) in [5.41, 5.74) is 0.881. The summed E-state index contributed by atoms with van der Waals surface area (Å²) < 4.78 is 43.9. The number of hydrogen-bond acceptors (Lipinski definition) is 5. The van der Waals surface area contributed by atoms with Crippen LogP contribution in [0.3, 0.4) is 0 Å². The Morgan fingerprint density at radius 2 is 1.68 bits per heavy atom. The number of sulfonamides is 1. The Kier molecular flexibility index (Phi) is 7.98. The summed E-state index contributed by atoms with van der Waals surface area (Å²) in [5, 5.41) is 2.50. The number of carbonyl (C=O) groups is 2. The molecule has 0 aromatic heterocycles. The molecule has 0 bridgehead atoms. The lowest BCUT2D eigenvalue weighted by Gasteiger charge is -2.31. The van der Waals surface area contributed by atoms with Crippen molar-refractivity contribution in [1.29, 1.82) is 0 Å². The van der Waals surface area contributed by atoms with Gasteiger partial charge in [0.25, 0.3) is 0 Å². The predicted octanol–water partition coefficient (Wildman–Crippen LogP) is 1.76. The maximum absolute atomic E-state index is 13.3. The van der Waals surface area contributed by atoms with Gasteiger partial charge in [-0.25, -0.2) is 12.8 Å². The Hall–Kier alpha value is -3.14. The van der Waals surface area contributed by atoms with Crippen LogP contribution < -0.4 is 14.4 Å². The number of methoxy groups -OCH3 is 1. The van der Waals surface area contributed by atoms with Gasteiger partial charge in [-0.05, 0) is 48.9 Å². The van der Waals surface area contributed by atoms with E-state index >= 15 is 0 Å². The number of anilines is 1. The lowest BCUT2D eigenvalue weighted by atomic mass is 10.1. The van der Waals surface area contributed by atoms with E-state index in [0.29, 0.717) is 5.75 Å². The van der Waals surface area contributed by atoms with Crippen molar-refractivity contribution in [1.82, 2.24) is 10.2 Å². The Labute approximate surface area is 181 Å². The lowest BCUT2D eigenvalue weighted by molar-refractivity contribution is -0.139. The number of nitrogens with one attached hydrogen (secondary N) is 1. The maximum Gasteiger partial charge on any atom is 0.244 e. The highest BCUT2D eigenvalue weighted by atomic mass is 32.2. The summed E-state index contributed by atoms with van der Waals surface area (Å²) in [4.78, 5) is 26.7. The second kappa shape index (κ2) is 10.3. The van der Waals surface area contributed by atoms with E-state index in [0.717, 1.165) is 28.3 Å². The Balaban J connectivity index is 2.34. The molecular formula is C21H26FN3O5S. The van der Waals surface area contributed by atoms with Crippen LogP contribution in [-0.4, -0.2) is 58.1 Å². The SMILES string of the molecule is CNC(=O)C(C)N(Cc1ccc(OC)cc1)C(=O)CN(c1ccc(F)cc1)S(C)(=O)=O. The number of likely N-dealkylation sites (N-methyl/N-ethyl adjacent to an activating group) is 1. The molecule has 0 heterocycles. The fourth-order valence-electron chi connectivity index (χ4n) is 2.94. The molecule has 10 heteroatoms. The van der Waals surface area contributed by atoms with Crippen LogP contribution in [0.4, 0.5) is 10.1 Å². The van der Waals surface area contributed by atoms with Gasteiger partial charge in [0.05, 0.1) is 19.1 Å². The van der Waals surface area contributed by atoms with Gasteiger partial charge in [-0.3, -0.25) is 13.9 Å². The van der Waals surface area contributed by atoms with Crippen molar-refractivity contribution in [2.24, 2.45) is 0 Å². The van der Waals surface area contributed by atoms with E-state index in [2.05, 4.69) is 5.32 Å². The second-order valence-corrected chi connectivity index (χ2v) is 8.81. The smallest absolute Gasteiger partial charge is 0.244 e. The number of benzene rings is 2. The number of amides is 2. The fraction of sp³-hybridized carbons (Fsp3) is 0.333. The van der Waals surface area contributed by atoms with Crippen molar-refractivity contribution in [3.8, 4) is 5.75 Å². The standard InChI is InChI=1S/C21H26FN3O5S/c1-15(21(27)23-2)24(13-16-5-11-19(30-3)12-6-16)20(26)14-25(31(4,28)29)18-9-7-17(22)8-10-18/h5-12,15H,13-14H2,1-4H3,(H,23,27). The van der Waals surface area contributed by atoms with Crippen molar-refractivity contribution >= 4 is 27.5 Å². The molecule has 0 aliphatic carbocycles. The molecule has 0 aliphatic heterocycles. The molecule has 2 amide bonds. The van der Waals surface area contributed by atoms with E-state index < -0.39 is 40.2 Å².